The zero-order valence-corrected chi connectivity index (χ0v) is 22.4. The van der Waals surface area contributed by atoms with Gasteiger partial charge in [0, 0.05) is 30.4 Å². The second kappa shape index (κ2) is 10.2. The van der Waals surface area contributed by atoms with Gasteiger partial charge in [0.2, 0.25) is 16.0 Å². The highest BCUT2D eigenvalue weighted by Gasteiger charge is 2.23. The van der Waals surface area contributed by atoms with Gasteiger partial charge in [0.15, 0.2) is 0 Å². The summed E-state index contributed by atoms with van der Waals surface area (Å²) in [6.07, 6.45) is 5.09. The highest BCUT2D eigenvalue weighted by Crippen LogP contribution is 2.33. The highest BCUT2D eigenvalue weighted by molar-refractivity contribution is 7.92. The summed E-state index contributed by atoms with van der Waals surface area (Å²) in [7, 11) is -1.90. The highest BCUT2D eigenvalue weighted by atomic mass is 35.5. The molecule has 194 valence electrons. The first-order valence-corrected chi connectivity index (χ1v) is 14.3. The van der Waals surface area contributed by atoms with Crippen LogP contribution in [0, 0.1) is 0 Å². The van der Waals surface area contributed by atoms with E-state index in [1.807, 2.05) is 49.4 Å². The molecule has 1 aliphatic rings. The van der Waals surface area contributed by atoms with Crippen LogP contribution in [0.25, 0.3) is 16.8 Å². The molecule has 0 aliphatic carbocycles. The molecule has 2 aromatic heterocycles. The molecule has 0 bridgehead atoms. The fraction of sp³-hybridized carbons (Fsp3) is 0.308. The maximum atomic E-state index is 12.2. The van der Waals surface area contributed by atoms with E-state index >= 15 is 0 Å². The number of halogens is 1. The molecule has 2 unspecified atom stereocenters. The zero-order valence-electron chi connectivity index (χ0n) is 20.8. The van der Waals surface area contributed by atoms with Crippen molar-refractivity contribution in [1.82, 2.24) is 19.9 Å². The lowest BCUT2D eigenvalue weighted by atomic mass is 10.1. The third-order valence-corrected chi connectivity index (χ3v) is 8.08. The predicted molar refractivity (Wildman–Crippen MR) is 148 cm³/mol. The third-order valence-electron chi connectivity index (χ3n) is 6.58. The van der Waals surface area contributed by atoms with Crippen LogP contribution in [-0.2, 0) is 10.0 Å². The van der Waals surface area contributed by atoms with Crippen molar-refractivity contribution >= 4 is 44.5 Å². The number of nitrogens with zero attached hydrogens (tertiary/aromatic N) is 4. The van der Waals surface area contributed by atoms with Crippen molar-refractivity contribution in [3.8, 4) is 17.0 Å². The fourth-order valence-corrected chi connectivity index (χ4v) is 5.18. The Morgan fingerprint density at radius 1 is 1.22 bits per heavy atom. The first-order chi connectivity index (χ1) is 17.7. The van der Waals surface area contributed by atoms with Crippen molar-refractivity contribution in [3.63, 3.8) is 0 Å². The standard InChI is InChI=1S/C26H29ClN6O3S/c1-17(22-8-6-14-28-22)36-25-15-18(10-12-21(25)27)30-26-29-16-19-11-13-24(33(19)31-26)20-7-4-5-9-23(20)32(2)37(3,34)35/h4-5,7,9-13,15-17,22,28H,6,8,14H2,1-3H3,(H,30,31). The molecule has 3 heterocycles. The Kier molecular flexibility index (Phi) is 6.98. The van der Waals surface area contributed by atoms with E-state index in [1.54, 1.807) is 22.8 Å². The number of fused-ring (bicyclic) bond motifs is 1. The van der Waals surface area contributed by atoms with Gasteiger partial charge in [0.05, 0.1) is 34.4 Å². The van der Waals surface area contributed by atoms with Crippen LogP contribution >= 0.6 is 11.6 Å². The summed E-state index contributed by atoms with van der Waals surface area (Å²) in [5.74, 6) is 0.964. The van der Waals surface area contributed by atoms with Crippen LogP contribution in [0.5, 0.6) is 5.75 Å². The van der Waals surface area contributed by atoms with Gasteiger partial charge in [0.25, 0.3) is 0 Å². The minimum Gasteiger partial charge on any atom is -0.487 e. The van der Waals surface area contributed by atoms with Crippen LogP contribution in [0.3, 0.4) is 0 Å². The molecule has 2 N–H and O–H groups in total. The molecule has 0 saturated carbocycles. The maximum Gasteiger partial charge on any atom is 0.245 e. The lowest BCUT2D eigenvalue weighted by Crippen LogP contribution is -2.36. The Bertz CT molecular complexity index is 1530. The molecule has 5 rings (SSSR count). The van der Waals surface area contributed by atoms with Gasteiger partial charge in [-0.1, -0.05) is 29.8 Å². The monoisotopic (exact) mass is 540 g/mol. The molecular weight excluding hydrogens is 512 g/mol. The molecule has 2 atom stereocenters. The van der Waals surface area contributed by atoms with E-state index < -0.39 is 10.0 Å². The van der Waals surface area contributed by atoms with E-state index in [9.17, 15) is 8.42 Å². The Hall–Kier alpha value is -3.34. The van der Waals surface area contributed by atoms with Gasteiger partial charge >= 0.3 is 0 Å². The molecule has 0 radical (unpaired) electrons. The summed E-state index contributed by atoms with van der Waals surface area (Å²) in [6, 6.07) is 16.9. The Labute approximate surface area is 221 Å². The number of anilines is 3. The number of aromatic nitrogens is 3. The van der Waals surface area contributed by atoms with Crippen molar-refractivity contribution in [1.29, 1.82) is 0 Å². The van der Waals surface area contributed by atoms with Crippen LogP contribution in [-0.4, -0.2) is 55.0 Å². The molecule has 9 nitrogen and oxygen atoms in total. The lowest BCUT2D eigenvalue weighted by molar-refractivity contribution is 0.180. The van der Waals surface area contributed by atoms with Crippen molar-refractivity contribution in [2.45, 2.75) is 31.9 Å². The van der Waals surface area contributed by atoms with Gasteiger partial charge in [0.1, 0.15) is 11.9 Å². The van der Waals surface area contributed by atoms with Gasteiger partial charge in [-0.05, 0) is 56.6 Å². The number of benzene rings is 2. The van der Waals surface area contributed by atoms with Crippen molar-refractivity contribution < 1.29 is 13.2 Å². The SMILES string of the molecule is CC(Oc1cc(Nc2ncc3ccc(-c4ccccc4N(C)S(C)(=O)=O)n3n2)ccc1Cl)C1CCCN1. The minimum absolute atomic E-state index is 0.0181. The van der Waals surface area contributed by atoms with Crippen LogP contribution in [0.1, 0.15) is 19.8 Å². The first kappa shape index (κ1) is 25.3. The average Bonchev–Trinajstić information content (AvgIpc) is 3.55. The summed E-state index contributed by atoms with van der Waals surface area (Å²) in [5, 5.41) is 11.9. The fourth-order valence-electron chi connectivity index (χ4n) is 4.50. The molecule has 37 heavy (non-hydrogen) atoms. The second-order valence-corrected chi connectivity index (χ2v) is 11.6. The van der Waals surface area contributed by atoms with Gasteiger partial charge in [-0.15, -0.1) is 5.10 Å². The molecule has 1 fully saturated rings. The van der Waals surface area contributed by atoms with E-state index in [-0.39, 0.29) is 6.10 Å². The van der Waals surface area contributed by atoms with Gasteiger partial charge in [-0.2, -0.15) is 0 Å². The summed E-state index contributed by atoms with van der Waals surface area (Å²) in [4.78, 5) is 4.45. The number of para-hydroxylation sites is 1. The molecule has 2 aromatic carbocycles. The van der Waals surface area contributed by atoms with E-state index in [0.717, 1.165) is 41.8 Å². The summed E-state index contributed by atoms with van der Waals surface area (Å²) in [6.45, 7) is 3.05. The van der Waals surface area contributed by atoms with E-state index in [2.05, 4.69) is 20.7 Å². The van der Waals surface area contributed by atoms with Crippen molar-refractivity contribution in [2.24, 2.45) is 0 Å². The number of rotatable bonds is 8. The van der Waals surface area contributed by atoms with Crippen LogP contribution in [0.4, 0.5) is 17.3 Å². The van der Waals surface area contributed by atoms with E-state index in [4.69, 9.17) is 16.3 Å². The summed E-state index contributed by atoms with van der Waals surface area (Å²) < 4.78 is 33.6. The quantitative estimate of drug-likeness (QED) is 0.334. The minimum atomic E-state index is -3.44. The van der Waals surface area contributed by atoms with Gasteiger partial charge < -0.3 is 15.4 Å². The van der Waals surface area contributed by atoms with E-state index in [1.165, 1.54) is 17.6 Å². The topological polar surface area (TPSA) is 101 Å². The normalized spacial score (nSPS) is 16.6. The summed E-state index contributed by atoms with van der Waals surface area (Å²) >= 11 is 6.42. The molecule has 4 aromatic rings. The number of ether oxygens (including phenoxy) is 1. The largest absolute Gasteiger partial charge is 0.487 e. The predicted octanol–water partition coefficient (Wildman–Crippen LogP) is 4.71. The average molecular weight is 541 g/mol. The summed E-state index contributed by atoms with van der Waals surface area (Å²) in [5.41, 5.74) is 3.54. The maximum absolute atomic E-state index is 12.2. The Morgan fingerprint density at radius 2 is 2.03 bits per heavy atom. The molecule has 1 saturated heterocycles. The number of nitrogens with one attached hydrogen (secondary N) is 2. The van der Waals surface area contributed by atoms with E-state index in [0.29, 0.717) is 28.4 Å². The Balaban J connectivity index is 1.44. The second-order valence-electron chi connectivity index (χ2n) is 9.18. The van der Waals surface area contributed by atoms with Crippen LogP contribution in [0.15, 0.2) is 60.8 Å². The molecule has 0 spiro atoms. The van der Waals surface area contributed by atoms with Crippen molar-refractivity contribution in [3.05, 3.63) is 65.8 Å². The lowest BCUT2D eigenvalue weighted by Gasteiger charge is -2.22. The zero-order chi connectivity index (χ0) is 26.2. The van der Waals surface area contributed by atoms with Gasteiger partial charge in [-0.25, -0.2) is 17.9 Å². The van der Waals surface area contributed by atoms with Crippen molar-refractivity contribution in [2.75, 3.05) is 29.5 Å². The third kappa shape index (κ3) is 5.36. The molecule has 1 aliphatic heterocycles. The molecular formula is C26H29ClN6O3S. The first-order valence-electron chi connectivity index (χ1n) is 12.1. The smallest absolute Gasteiger partial charge is 0.245 e. The Morgan fingerprint density at radius 3 is 2.78 bits per heavy atom. The molecule has 0 amide bonds. The number of hydrogen-bond acceptors (Lipinski definition) is 7. The number of hydrogen-bond donors (Lipinski definition) is 2. The molecule has 11 heteroatoms. The number of sulfonamides is 1. The van der Waals surface area contributed by atoms with Gasteiger partial charge in [-0.3, -0.25) is 4.31 Å². The van der Waals surface area contributed by atoms with Crippen LogP contribution < -0.4 is 19.7 Å². The van der Waals surface area contributed by atoms with Crippen LogP contribution in [0.2, 0.25) is 5.02 Å².